The van der Waals surface area contributed by atoms with Crippen molar-refractivity contribution >= 4 is 29.2 Å². The molecule has 0 aliphatic carbocycles. The fourth-order valence-corrected chi connectivity index (χ4v) is 2.39. The van der Waals surface area contributed by atoms with Gasteiger partial charge in [0.25, 0.3) is 0 Å². The molecule has 0 aromatic heterocycles. The predicted molar refractivity (Wildman–Crippen MR) is 72.2 cm³/mol. The van der Waals surface area contributed by atoms with Crippen molar-refractivity contribution in [2.45, 2.75) is 25.4 Å². The van der Waals surface area contributed by atoms with E-state index in [0.717, 1.165) is 6.42 Å². The fourth-order valence-electron chi connectivity index (χ4n) is 2.26. The van der Waals surface area contributed by atoms with Gasteiger partial charge in [-0.15, -0.1) is 0 Å². The minimum absolute atomic E-state index is 0.343. The van der Waals surface area contributed by atoms with E-state index in [1.165, 1.54) is 0 Å². The number of carbonyl (C=O) groups excluding carboxylic acids is 2. The average Bonchev–Trinajstić information content (AvgIpc) is 2.92. The van der Waals surface area contributed by atoms with Gasteiger partial charge >= 0.3 is 0 Å². The monoisotopic (exact) mass is 296 g/mol. The Morgan fingerprint density at radius 1 is 1.40 bits per heavy atom. The molecule has 5 nitrogen and oxygen atoms in total. The first-order chi connectivity index (χ1) is 9.56. The molecule has 1 amide bonds. The van der Waals surface area contributed by atoms with Crippen LogP contribution in [0.2, 0.25) is 5.02 Å². The highest BCUT2D eigenvalue weighted by Crippen LogP contribution is 2.24. The van der Waals surface area contributed by atoms with Crippen molar-refractivity contribution in [2.75, 3.05) is 11.9 Å². The largest absolute Gasteiger partial charge is 0.550 e. The summed E-state index contributed by atoms with van der Waals surface area (Å²) in [7, 11) is 0. The molecule has 1 N–H and O–H groups in total. The van der Waals surface area contributed by atoms with E-state index in [0.29, 0.717) is 23.7 Å². The van der Waals surface area contributed by atoms with Crippen LogP contribution in [-0.2, 0) is 14.3 Å². The van der Waals surface area contributed by atoms with E-state index in [4.69, 9.17) is 16.3 Å². The molecule has 6 heteroatoms. The second kappa shape index (κ2) is 6.72. The molecule has 0 spiro atoms. The first kappa shape index (κ1) is 14.8. The quantitative estimate of drug-likeness (QED) is 0.886. The van der Waals surface area contributed by atoms with Crippen molar-refractivity contribution in [1.82, 2.24) is 0 Å². The van der Waals surface area contributed by atoms with Crippen LogP contribution in [0.3, 0.4) is 0 Å². The van der Waals surface area contributed by atoms with E-state index in [1.807, 2.05) is 0 Å². The van der Waals surface area contributed by atoms with Gasteiger partial charge in [0.2, 0.25) is 5.91 Å². The van der Waals surface area contributed by atoms with Crippen molar-refractivity contribution < 1.29 is 19.4 Å². The first-order valence-corrected chi connectivity index (χ1v) is 6.82. The van der Waals surface area contributed by atoms with E-state index in [9.17, 15) is 14.7 Å². The molecule has 0 saturated carbocycles. The Hall–Kier alpha value is -1.59. The van der Waals surface area contributed by atoms with Gasteiger partial charge in [-0.2, -0.15) is 0 Å². The van der Waals surface area contributed by atoms with Crippen LogP contribution in [0, 0.1) is 5.92 Å². The highest BCUT2D eigenvalue weighted by atomic mass is 35.5. The zero-order valence-electron chi connectivity index (χ0n) is 10.8. The molecule has 0 bridgehead atoms. The minimum Gasteiger partial charge on any atom is -0.550 e. The molecule has 20 heavy (non-hydrogen) atoms. The average molecular weight is 297 g/mol. The molecular formula is C14H15ClNO4-. The number of hydrogen-bond donors (Lipinski definition) is 1. The van der Waals surface area contributed by atoms with Crippen LogP contribution in [0.4, 0.5) is 5.69 Å². The number of carbonyl (C=O) groups is 2. The zero-order chi connectivity index (χ0) is 14.5. The Morgan fingerprint density at radius 2 is 2.10 bits per heavy atom. The molecule has 1 saturated heterocycles. The summed E-state index contributed by atoms with van der Waals surface area (Å²) in [4.78, 5) is 23.0. The fraction of sp³-hybridized carbons (Fsp3) is 0.429. The maximum atomic E-state index is 12.2. The highest BCUT2D eigenvalue weighted by Gasteiger charge is 2.31. The Balaban J connectivity index is 2.05. The summed E-state index contributed by atoms with van der Waals surface area (Å²) >= 11 is 5.76. The van der Waals surface area contributed by atoms with Crippen LogP contribution in [0.5, 0.6) is 0 Å². The second-order valence-corrected chi connectivity index (χ2v) is 5.17. The lowest BCUT2D eigenvalue weighted by Gasteiger charge is -2.22. The van der Waals surface area contributed by atoms with Gasteiger partial charge in [0, 0.05) is 29.7 Å². The lowest BCUT2D eigenvalue weighted by atomic mass is 9.95. The Morgan fingerprint density at radius 3 is 2.65 bits per heavy atom. The maximum absolute atomic E-state index is 12.2. The van der Waals surface area contributed by atoms with Crippen molar-refractivity contribution in [2.24, 2.45) is 5.92 Å². The highest BCUT2D eigenvalue weighted by molar-refractivity contribution is 6.30. The summed E-state index contributed by atoms with van der Waals surface area (Å²) in [5, 5.41) is 14.0. The van der Waals surface area contributed by atoms with Crippen LogP contribution in [0.15, 0.2) is 24.3 Å². The summed E-state index contributed by atoms with van der Waals surface area (Å²) in [6.45, 7) is 0.558. The van der Waals surface area contributed by atoms with E-state index in [2.05, 4.69) is 5.32 Å². The van der Waals surface area contributed by atoms with Gasteiger partial charge in [-0.1, -0.05) is 11.6 Å². The van der Waals surface area contributed by atoms with Gasteiger partial charge < -0.3 is 20.0 Å². The van der Waals surface area contributed by atoms with Gasteiger partial charge in [0.05, 0.1) is 12.0 Å². The lowest BCUT2D eigenvalue weighted by molar-refractivity contribution is -0.307. The van der Waals surface area contributed by atoms with Crippen LogP contribution in [0.1, 0.15) is 19.3 Å². The molecule has 0 radical (unpaired) electrons. The summed E-state index contributed by atoms with van der Waals surface area (Å²) in [6.07, 6.45) is 0.818. The molecule has 108 valence electrons. The van der Waals surface area contributed by atoms with E-state index in [-0.39, 0.29) is 18.4 Å². The number of ether oxygens (including phenoxy) is 1. The molecular weight excluding hydrogens is 282 g/mol. The maximum Gasteiger partial charge on any atom is 0.230 e. The van der Waals surface area contributed by atoms with Crippen LogP contribution < -0.4 is 10.4 Å². The predicted octanol–water partition coefficient (Wildman–Crippen LogP) is 1.21. The van der Waals surface area contributed by atoms with Gasteiger partial charge in [-0.3, -0.25) is 4.79 Å². The summed E-state index contributed by atoms with van der Waals surface area (Å²) in [5.41, 5.74) is 0.570. The molecule has 1 aliphatic heterocycles. The molecule has 2 rings (SSSR count). The summed E-state index contributed by atoms with van der Waals surface area (Å²) < 4.78 is 5.42. The molecule has 1 aromatic carbocycles. The summed E-state index contributed by atoms with van der Waals surface area (Å²) in [6, 6.07) is 6.62. The normalized spacial score (nSPS) is 19.6. The molecule has 0 unspecified atom stereocenters. The number of carboxylic acid groups (broad SMARTS) is 1. The molecule has 2 atom stereocenters. The number of amides is 1. The van der Waals surface area contributed by atoms with Gasteiger partial charge in [0.1, 0.15) is 0 Å². The number of benzene rings is 1. The van der Waals surface area contributed by atoms with Gasteiger partial charge in [-0.05, 0) is 37.1 Å². The second-order valence-electron chi connectivity index (χ2n) is 4.73. The van der Waals surface area contributed by atoms with Gasteiger partial charge in [0.15, 0.2) is 0 Å². The topological polar surface area (TPSA) is 78.5 Å². The molecule has 1 aliphatic rings. The zero-order valence-corrected chi connectivity index (χ0v) is 11.6. The van der Waals surface area contributed by atoms with Crippen molar-refractivity contribution in [3.63, 3.8) is 0 Å². The van der Waals surface area contributed by atoms with Crippen LogP contribution >= 0.6 is 11.6 Å². The third kappa shape index (κ3) is 3.95. The number of halogens is 1. The number of nitrogens with one attached hydrogen (secondary N) is 1. The van der Waals surface area contributed by atoms with Crippen molar-refractivity contribution in [3.8, 4) is 0 Å². The Bertz CT molecular complexity index is 482. The molecule has 1 aromatic rings. The van der Waals surface area contributed by atoms with Crippen molar-refractivity contribution in [1.29, 1.82) is 0 Å². The van der Waals surface area contributed by atoms with Gasteiger partial charge in [-0.25, -0.2) is 0 Å². The Labute approximate surface area is 121 Å². The standard InChI is InChI=1S/C14H16ClNO4/c15-9-3-5-10(6-4-9)16-14(19)11(8-13(17)18)12-2-1-7-20-12/h3-6,11-12H,1-2,7-8H2,(H,16,19)(H,17,18)/p-1/t11-,12+/m0/s1. The van der Waals surface area contributed by atoms with Crippen molar-refractivity contribution in [3.05, 3.63) is 29.3 Å². The third-order valence-corrected chi connectivity index (χ3v) is 3.50. The van der Waals surface area contributed by atoms with Crippen LogP contribution in [-0.4, -0.2) is 24.6 Å². The third-order valence-electron chi connectivity index (χ3n) is 3.25. The first-order valence-electron chi connectivity index (χ1n) is 6.44. The number of hydrogen-bond acceptors (Lipinski definition) is 4. The van der Waals surface area contributed by atoms with E-state index >= 15 is 0 Å². The molecule has 1 fully saturated rings. The smallest absolute Gasteiger partial charge is 0.230 e. The summed E-state index contributed by atoms with van der Waals surface area (Å²) in [5.74, 6) is -2.36. The SMILES string of the molecule is O=C([O-])C[C@H](C(=O)Nc1ccc(Cl)cc1)[C@H]1CCCO1. The number of carboxylic acids is 1. The Kier molecular flexibility index (Phi) is 4.98. The number of anilines is 1. The van der Waals surface area contributed by atoms with E-state index < -0.39 is 11.9 Å². The number of rotatable bonds is 5. The minimum atomic E-state index is -1.25. The van der Waals surface area contributed by atoms with E-state index in [1.54, 1.807) is 24.3 Å². The number of aliphatic carboxylic acids is 1. The lowest BCUT2D eigenvalue weighted by Crippen LogP contribution is -2.38. The molecule has 1 heterocycles. The van der Waals surface area contributed by atoms with Crippen LogP contribution in [0.25, 0.3) is 0 Å².